The highest BCUT2D eigenvalue weighted by molar-refractivity contribution is 6.07. The van der Waals surface area contributed by atoms with E-state index in [0.717, 1.165) is 21.9 Å². The molecule has 1 atom stereocenters. The van der Waals surface area contributed by atoms with Crippen molar-refractivity contribution in [2.75, 3.05) is 0 Å². The molecule has 1 N–H and O–H groups in total. The quantitative estimate of drug-likeness (QED) is 0.636. The van der Waals surface area contributed by atoms with E-state index in [-0.39, 0.29) is 23.9 Å². The maximum absolute atomic E-state index is 13.3. The van der Waals surface area contributed by atoms with Crippen LogP contribution in [0.3, 0.4) is 0 Å². The molecule has 3 aromatic rings. The number of fused-ring (bicyclic) bond motifs is 1. The Hall–Kier alpha value is -3.14. The molecule has 0 bridgehead atoms. The van der Waals surface area contributed by atoms with Crippen LogP contribution in [-0.2, 0) is 22.3 Å². The number of nitrogens with zero attached hydrogens (tertiary/aromatic N) is 1. The summed E-state index contributed by atoms with van der Waals surface area (Å²) in [5, 5.41) is 5.06. The molecule has 4 heteroatoms. The molecule has 1 aliphatic rings. The van der Waals surface area contributed by atoms with Gasteiger partial charge in [0.2, 0.25) is 0 Å². The van der Waals surface area contributed by atoms with Crippen molar-refractivity contribution < 1.29 is 9.59 Å². The maximum atomic E-state index is 13.3. The van der Waals surface area contributed by atoms with E-state index >= 15 is 0 Å². The Balaban J connectivity index is 1.65. The molecular weight excluding hydrogens is 360 g/mol. The highest BCUT2D eigenvalue weighted by atomic mass is 16.2. The summed E-state index contributed by atoms with van der Waals surface area (Å²) in [6.07, 6.45) is 0. The van der Waals surface area contributed by atoms with Gasteiger partial charge in [-0.3, -0.25) is 9.69 Å². The zero-order valence-corrected chi connectivity index (χ0v) is 17.3. The molecule has 1 heterocycles. The molecule has 4 rings (SSSR count). The highest BCUT2D eigenvalue weighted by Crippen LogP contribution is 2.32. The summed E-state index contributed by atoms with van der Waals surface area (Å²) in [6, 6.07) is 21.6. The topological polar surface area (TPSA) is 49.4 Å². The van der Waals surface area contributed by atoms with Gasteiger partial charge in [0, 0.05) is 0 Å². The molecule has 1 fully saturated rings. The first kappa shape index (κ1) is 19.2. The van der Waals surface area contributed by atoms with E-state index in [4.69, 9.17) is 0 Å². The van der Waals surface area contributed by atoms with E-state index in [0.29, 0.717) is 0 Å². The number of hydrogen-bond donors (Lipinski definition) is 1. The number of rotatable bonds is 3. The summed E-state index contributed by atoms with van der Waals surface area (Å²) in [4.78, 5) is 27.4. The summed E-state index contributed by atoms with van der Waals surface area (Å²) >= 11 is 0. The molecule has 1 saturated heterocycles. The Morgan fingerprint density at radius 3 is 2.24 bits per heavy atom. The van der Waals surface area contributed by atoms with Crippen molar-refractivity contribution in [2.24, 2.45) is 0 Å². The normalized spacial score (nSPS) is 19.7. The van der Waals surface area contributed by atoms with Crippen molar-refractivity contribution in [1.29, 1.82) is 0 Å². The molecular formula is C25H26N2O2. The van der Waals surface area contributed by atoms with Crippen molar-refractivity contribution in [3.8, 4) is 0 Å². The predicted octanol–water partition coefficient (Wildman–Crippen LogP) is 5.10. The number of nitrogens with one attached hydrogen (secondary N) is 1. The second-order valence-electron chi connectivity index (χ2n) is 8.91. The maximum Gasteiger partial charge on any atom is 0.325 e. The minimum absolute atomic E-state index is 0.0305. The second kappa shape index (κ2) is 6.73. The molecule has 148 valence electrons. The zero-order valence-electron chi connectivity index (χ0n) is 17.3. The van der Waals surface area contributed by atoms with E-state index in [1.807, 2.05) is 66.7 Å². The highest BCUT2D eigenvalue weighted by Gasteiger charge is 2.49. The fourth-order valence-corrected chi connectivity index (χ4v) is 3.94. The Morgan fingerprint density at radius 1 is 0.897 bits per heavy atom. The van der Waals surface area contributed by atoms with Crippen LogP contribution in [0.2, 0.25) is 0 Å². The first-order valence-corrected chi connectivity index (χ1v) is 9.92. The van der Waals surface area contributed by atoms with Gasteiger partial charge >= 0.3 is 6.03 Å². The van der Waals surface area contributed by atoms with Crippen LogP contribution >= 0.6 is 0 Å². The minimum atomic E-state index is -1.06. The smallest absolute Gasteiger partial charge is 0.319 e. The molecule has 3 aromatic carbocycles. The van der Waals surface area contributed by atoms with Crippen LogP contribution in [0.1, 0.15) is 44.4 Å². The van der Waals surface area contributed by atoms with E-state index in [9.17, 15) is 9.59 Å². The van der Waals surface area contributed by atoms with Gasteiger partial charge in [0.15, 0.2) is 0 Å². The summed E-state index contributed by atoms with van der Waals surface area (Å²) in [5.41, 5.74) is 1.92. The molecule has 29 heavy (non-hydrogen) atoms. The Kier molecular flexibility index (Phi) is 4.45. The zero-order chi connectivity index (χ0) is 20.8. The molecule has 1 aliphatic heterocycles. The first-order valence-electron chi connectivity index (χ1n) is 9.92. The number of hydrogen-bond acceptors (Lipinski definition) is 2. The van der Waals surface area contributed by atoms with Crippen LogP contribution in [0, 0.1) is 0 Å². The summed E-state index contributed by atoms with van der Waals surface area (Å²) in [5.74, 6) is -0.223. The number of imide groups is 1. The van der Waals surface area contributed by atoms with Crippen LogP contribution in [0.5, 0.6) is 0 Å². The van der Waals surface area contributed by atoms with E-state index in [2.05, 4.69) is 26.1 Å². The fourth-order valence-electron chi connectivity index (χ4n) is 3.94. The lowest BCUT2D eigenvalue weighted by Crippen LogP contribution is -2.40. The van der Waals surface area contributed by atoms with E-state index in [1.165, 1.54) is 10.5 Å². The van der Waals surface area contributed by atoms with E-state index < -0.39 is 5.54 Å². The Morgan fingerprint density at radius 2 is 1.55 bits per heavy atom. The lowest BCUT2D eigenvalue weighted by atomic mass is 9.84. The third-order valence-electron chi connectivity index (χ3n) is 5.81. The van der Waals surface area contributed by atoms with Gasteiger partial charge in [0.1, 0.15) is 5.54 Å². The van der Waals surface area contributed by atoms with Gasteiger partial charge in [-0.25, -0.2) is 4.79 Å². The van der Waals surface area contributed by atoms with Gasteiger partial charge in [-0.15, -0.1) is 0 Å². The monoisotopic (exact) mass is 386 g/mol. The van der Waals surface area contributed by atoms with Crippen molar-refractivity contribution in [2.45, 2.75) is 45.2 Å². The minimum Gasteiger partial charge on any atom is -0.319 e. The molecule has 0 aromatic heterocycles. The lowest BCUT2D eigenvalue weighted by molar-refractivity contribution is -0.131. The second-order valence-corrected chi connectivity index (χ2v) is 8.91. The Bertz CT molecular complexity index is 1090. The molecule has 3 amide bonds. The van der Waals surface area contributed by atoms with E-state index in [1.54, 1.807) is 6.92 Å². The van der Waals surface area contributed by atoms with Gasteiger partial charge in [-0.05, 0) is 39.8 Å². The van der Waals surface area contributed by atoms with Gasteiger partial charge in [0.05, 0.1) is 6.54 Å². The number of urea groups is 1. The average Bonchev–Trinajstić information content (AvgIpc) is 2.92. The third kappa shape index (κ3) is 3.29. The standard InChI is InChI=1S/C25H26N2O2/c1-24(2,3)19-12-14-20(15-13-19)25(4)22(28)27(23(29)26-25)16-18-10-7-9-17-8-5-6-11-21(17)18/h5-15H,16H2,1-4H3,(H,26,29). The number of carbonyl (C=O) groups is 2. The average molecular weight is 386 g/mol. The van der Waals surface area contributed by atoms with Crippen molar-refractivity contribution >= 4 is 22.7 Å². The lowest BCUT2D eigenvalue weighted by Gasteiger charge is -2.25. The van der Waals surface area contributed by atoms with Crippen molar-refractivity contribution in [3.63, 3.8) is 0 Å². The Labute approximate surface area is 171 Å². The van der Waals surface area contributed by atoms with Crippen LogP contribution in [0.25, 0.3) is 10.8 Å². The van der Waals surface area contributed by atoms with Crippen LogP contribution in [-0.4, -0.2) is 16.8 Å². The largest absolute Gasteiger partial charge is 0.325 e. The van der Waals surface area contributed by atoms with Gasteiger partial charge in [-0.2, -0.15) is 0 Å². The van der Waals surface area contributed by atoms with Crippen LogP contribution in [0.4, 0.5) is 4.79 Å². The predicted molar refractivity (Wildman–Crippen MR) is 116 cm³/mol. The molecule has 0 spiro atoms. The van der Waals surface area contributed by atoms with Crippen molar-refractivity contribution in [1.82, 2.24) is 10.2 Å². The van der Waals surface area contributed by atoms with Gasteiger partial charge in [-0.1, -0.05) is 87.5 Å². The molecule has 0 saturated carbocycles. The summed E-state index contributed by atoms with van der Waals surface area (Å²) in [6.45, 7) is 8.48. The molecule has 0 aliphatic carbocycles. The number of carbonyl (C=O) groups excluding carboxylic acids is 2. The number of amides is 3. The first-order chi connectivity index (χ1) is 13.7. The SMILES string of the molecule is CC(C)(C)c1ccc(C2(C)NC(=O)N(Cc3cccc4ccccc34)C2=O)cc1. The van der Waals surface area contributed by atoms with Gasteiger partial charge < -0.3 is 5.32 Å². The van der Waals surface area contributed by atoms with Crippen molar-refractivity contribution in [3.05, 3.63) is 83.4 Å². The third-order valence-corrected chi connectivity index (χ3v) is 5.81. The molecule has 4 nitrogen and oxygen atoms in total. The van der Waals surface area contributed by atoms with Gasteiger partial charge in [0.25, 0.3) is 5.91 Å². The van der Waals surface area contributed by atoms with Crippen LogP contribution in [0.15, 0.2) is 66.7 Å². The fraction of sp³-hybridized carbons (Fsp3) is 0.280. The van der Waals surface area contributed by atoms with Crippen LogP contribution < -0.4 is 5.32 Å². The molecule has 0 radical (unpaired) electrons. The summed E-state index contributed by atoms with van der Waals surface area (Å²) < 4.78 is 0. The number of benzene rings is 3. The summed E-state index contributed by atoms with van der Waals surface area (Å²) in [7, 11) is 0. The molecule has 1 unspecified atom stereocenters.